The molecule has 20 nitrogen and oxygen atoms in total. The highest BCUT2D eigenvalue weighted by Crippen LogP contribution is 2.66. The molecule has 0 bridgehead atoms. The van der Waals surface area contributed by atoms with Crippen molar-refractivity contribution in [2.45, 2.75) is 31.1 Å². The summed E-state index contributed by atoms with van der Waals surface area (Å²) >= 11 is 5.71. The van der Waals surface area contributed by atoms with E-state index in [2.05, 4.69) is 28.1 Å². The number of aromatic amines is 1. The summed E-state index contributed by atoms with van der Waals surface area (Å²) in [5, 5.41) is 22.9. The maximum atomic E-state index is 12.4. The molecule has 4 rings (SSSR count). The van der Waals surface area contributed by atoms with E-state index in [0.717, 1.165) is 16.6 Å². The first-order valence-electron chi connectivity index (χ1n) is 12.4. The van der Waals surface area contributed by atoms with Crippen LogP contribution in [0.4, 0.5) is 11.6 Å². The second-order valence-corrected chi connectivity index (χ2v) is 14.5. The predicted molar refractivity (Wildman–Crippen MR) is 153 cm³/mol. The molecule has 3 unspecified atom stereocenters. The molecule has 1 aliphatic heterocycles. The lowest BCUT2D eigenvalue weighted by atomic mass is 10.1. The minimum absolute atomic E-state index is 0.104. The van der Waals surface area contributed by atoms with Gasteiger partial charge in [-0.2, -0.15) is 13.6 Å². The number of alkyl halides is 1. The highest BCUT2D eigenvalue weighted by molar-refractivity contribution is 7.67. The Kier molecular flexibility index (Phi) is 10.7. The van der Waals surface area contributed by atoms with Crippen LogP contribution >= 0.6 is 35.0 Å². The number of anilines is 2. The van der Waals surface area contributed by atoms with E-state index < -0.39 is 60.1 Å². The van der Waals surface area contributed by atoms with Crippen LogP contribution in [0.5, 0.6) is 0 Å². The third-order valence-electron chi connectivity index (χ3n) is 6.16. The maximum Gasteiger partial charge on any atom is 0.489 e. The van der Waals surface area contributed by atoms with Crippen molar-refractivity contribution in [1.82, 2.24) is 24.6 Å². The van der Waals surface area contributed by atoms with Crippen molar-refractivity contribution in [3.63, 3.8) is 0 Å². The van der Waals surface area contributed by atoms with Gasteiger partial charge in [0.25, 0.3) is 5.56 Å². The van der Waals surface area contributed by atoms with Crippen LogP contribution in [0.25, 0.3) is 11.2 Å². The Hall–Kier alpha value is -2.25. The maximum absolute atomic E-state index is 12.4. The Labute approximate surface area is 253 Å². The summed E-state index contributed by atoms with van der Waals surface area (Å²) in [7, 11) is -14.5. The van der Waals surface area contributed by atoms with Gasteiger partial charge in [-0.3, -0.25) is 18.9 Å². The third kappa shape index (κ3) is 8.51. The summed E-state index contributed by atoms with van der Waals surface area (Å²) in [6.07, 6.45) is -5.30. The molecule has 9 N–H and O–H groups in total. The molecule has 44 heavy (non-hydrogen) atoms. The second-order valence-electron chi connectivity index (χ2n) is 9.35. The SMILES string of the molecule is CN(CCCl)c1ccc(CNP(=O)(O)OP(=O)(O)OP(=O)(O)OC[C@H]2O[C@@H](n3cnc4c(=O)[nH]c(N)nc43)[C@H](O)[C@@H]2O)cc1. The number of benzene rings is 1. The molecule has 3 heterocycles. The summed E-state index contributed by atoms with van der Waals surface area (Å²) in [5.74, 6) is 0.136. The highest BCUT2D eigenvalue weighted by Gasteiger charge is 2.47. The molecule has 0 aliphatic carbocycles. The topological polar surface area (TPSA) is 294 Å². The van der Waals surface area contributed by atoms with Crippen LogP contribution in [0.2, 0.25) is 0 Å². The molecular formula is C20H29ClN7O13P3. The average Bonchev–Trinajstić information content (AvgIpc) is 3.46. The van der Waals surface area contributed by atoms with Gasteiger partial charge < -0.3 is 40.3 Å². The van der Waals surface area contributed by atoms with Crippen molar-refractivity contribution >= 4 is 57.8 Å². The molecule has 0 amide bonds. The van der Waals surface area contributed by atoms with Crippen molar-refractivity contribution in [1.29, 1.82) is 0 Å². The zero-order valence-corrected chi connectivity index (χ0v) is 26.1. The van der Waals surface area contributed by atoms with Crippen LogP contribution in [0.15, 0.2) is 35.4 Å². The monoisotopic (exact) mass is 703 g/mol. The lowest BCUT2D eigenvalue weighted by Crippen LogP contribution is -2.33. The number of imidazole rings is 1. The molecule has 1 aliphatic rings. The van der Waals surface area contributed by atoms with Crippen molar-refractivity contribution in [2.24, 2.45) is 0 Å². The summed E-state index contributed by atoms with van der Waals surface area (Å²) in [4.78, 5) is 53.7. The van der Waals surface area contributed by atoms with Crippen molar-refractivity contribution in [2.75, 3.05) is 36.7 Å². The van der Waals surface area contributed by atoms with E-state index in [1.54, 1.807) is 24.3 Å². The number of phosphoric acid groups is 2. The van der Waals surface area contributed by atoms with Gasteiger partial charge in [0, 0.05) is 31.7 Å². The van der Waals surface area contributed by atoms with Crippen LogP contribution in [0, 0.1) is 0 Å². The molecule has 7 atom stereocenters. The Morgan fingerprint density at radius 2 is 1.82 bits per heavy atom. The number of aliphatic hydroxyl groups excluding tert-OH is 2. The first kappa shape index (κ1) is 34.6. The van der Waals surface area contributed by atoms with Crippen LogP contribution in [0.1, 0.15) is 11.8 Å². The third-order valence-corrected chi connectivity index (χ3v) is 10.7. The Morgan fingerprint density at radius 1 is 1.14 bits per heavy atom. The van der Waals surface area contributed by atoms with Crippen molar-refractivity contribution < 1.29 is 56.5 Å². The Bertz CT molecular complexity index is 1670. The van der Waals surface area contributed by atoms with Gasteiger partial charge in [0.05, 0.1) is 12.9 Å². The quantitative estimate of drug-likeness (QED) is 0.0817. The number of aromatic nitrogens is 4. The number of rotatable bonds is 14. The first-order valence-corrected chi connectivity index (χ1v) is 17.5. The number of halogens is 1. The molecule has 0 radical (unpaired) electrons. The van der Waals surface area contributed by atoms with E-state index in [9.17, 15) is 43.4 Å². The molecule has 1 fully saturated rings. The van der Waals surface area contributed by atoms with Gasteiger partial charge in [-0.05, 0) is 17.7 Å². The largest absolute Gasteiger partial charge is 0.489 e. The summed E-state index contributed by atoms with van der Waals surface area (Å²) in [5.41, 5.74) is 5.90. The fourth-order valence-electron chi connectivity index (χ4n) is 4.05. The van der Waals surface area contributed by atoms with E-state index in [4.69, 9.17) is 22.1 Å². The standard InChI is InChI=1S/C20H29ClN7O13P3/c1-27(7-6-21)12-4-2-11(3-5-12)8-24-42(32,33)40-44(36,37)41-43(34,35)38-9-13-15(29)16(30)19(39-13)28-10-23-14-17(28)25-20(22)26-18(14)31/h2-5,10,13,15-16,19,29-30H,6-9H2,1H3,(H,34,35)(H,36,37)(H2,24,32,33)(H3,22,25,26,31)/t13-,15-,16-,19-/m1/s1. The minimum Gasteiger partial charge on any atom is -0.387 e. The number of H-pyrrole nitrogens is 1. The van der Waals surface area contributed by atoms with Gasteiger partial charge in [0.2, 0.25) is 5.95 Å². The molecule has 2 aromatic heterocycles. The Morgan fingerprint density at radius 3 is 2.48 bits per heavy atom. The number of hydrogen-bond donors (Lipinski definition) is 8. The normalized spacial score (nSPS) is 24.5. The van der Waals surface area contributed by atoms with Crippen molar-refractivity contribution in [3.8, 4) is 0 Å². The van der Waals surface area contributed by atoms with E-state index in [-0.39, 0.29) is 23.7 Å². The zero-order valence-electron chi connectivity index (χ0n) is 22.6. The van der Waals surface area contributed by atoms with Crippen LogP contribution < -0.4 is 21.3 Å². The first-order chi connectivity index (χ1) is 20.5. The van der Waals surface area contributed by atoms with Gasteiger partial charge in [-0.15, -0.1) is 11.6 Å². The fraction of sp³-hybridized carbons (Fsp3) is 0.450. The number of ether oxygens (including phenoxy) is 1. The predicted octanol–water partition coefficient (Wildman–Crippen LogP) is 0.137. The van der Waals surface area contributed by atoms with E-state index in [1.807, 2.05) is 17.0 Å². The van der Waals surface area contributed by atoms with E-state index in [1.165, 1.54) is 0 Å². The number of nitrogens with two attached hydrogens (primary N) is 1. The number of phosphoric ester groups is 1. The average molecular weight is 704 g/mol. The lowest BCUT2D eigenvalue weighted by Gasteiger charge is -2.21. The molecule has 1 aromatic carbocycles. The number of aliphatic hydroxyl groups is 2. The number of nitrogen functional groups attached to an aromatic ring is 1. The zero-order chi connectivity index (χ0) is 32.4. The lowest BCUT2D eigenvalue weighted by molar-refractivity contribution is -0.0503. The summed E-state index contributed by atoms with van der Waals surface area (Å²) in [6, 6.07) is 6.65. The smallest absolute Gasteiger partial charge is 0.387 e. The Balaban J connectivity index is 1.32. The van der Waals surface area contributed by atoms with Crippen LogP contribution in [0.3, 0.4) is 0 Å². The molecule has 0 spiro atoms. The number of nitrogens with zero attached hydrogens (tertiary/aromatic N) is 4. The van der Waals surface area contributed by atoms with Crippen LogP contribution in [-0.2, 0) is 38.1 Å². The number of hydrogen-bond acceptors (Lipinski definition) is 14. The molecular weight excluding hydrogens is 675 g/mol. The van der Waals surface area contributed by atoms with Crippen LogP contribution in [-0.4, -0.2) is 88.8 Å². The van der Waals surface area contributed by atoms with Crippen molar-refractivity contribution in [3.05, 3.63) is 46.5 Å². The molecule has 24 heteroatoms. The molecule has 3 aromatic rings. The van der Waals surface area contributed by atoms with Gasteiger partial charge in [-0.25, -0.2) is 23.8 Å². The van der Waals surface area contributed by atoms with E-state index in [0.29, 0.717) is 18.0 Å². The van der Waals surface area contributed by atoms with E-state index >= 15 is 0 Å². The molecule has 1 saturated heterocycles. The highest BCUT2D eigenvalue weighted by atomic mass is 35.5. The summed E-state index contributed by atoms with van der Waals surface area (Å²) < 4.78 is 56.4. The number of nitrogens with one attached hydrogen (secondary N) is 2. The minimum atomic E-state index is -5.71. The fourth-order valence-corrected chi connectivity index (χ4v) is 7.99. The van der Waals surface area contributed by atoms with Gasteiger partial charge in [-0.1, -0.05) is 12.1 Å². The van der Waals surface area contributed by atoms with Gasteiger partial charge in [0.15, 0.2) is 17.4 Å². The summed E-state index contributed by atoms with van der Waals surface area (Å²) in [6.45, 7) is -0.709. The molecule has 0 saturated carbocycles. The number of fused-ring (bicyclic) bond motifs is 1. The van der Waals surface area contributed by atoms with Gasteiger partial charge >= 0.3 is 23.4 Å². The molecule has 244 valence electrons. The second kappa shape index (κ2) is 13.6. The van der Waals surface area contributed by atoms with Gasteiger partial charge in [0.1, 0.15) is 18.3 Å².